The molecule has 0 aromatic heterocycles. The highest BCUT2D eigenvalue weighted by atomic mass is 16.7. The van der Waals surface area contributed by atoms with E-state index < -0.39 is 73.8 Å². The highest BCUT2D eigenvalue weighted by Gasteiger charge is 2.47. The van der Waals surface area contributed by atoms with Gasteiger partial charge in [0.15, 0.2) is 12.6 Å². The highest BCUT2D eigenvalue weighted by molar-refractivity contribution is 5.69. The van der Waals surface area contributed by atoms with E-state index in [-0.39, 0.29) is 32.6 Å². The Kier molecular flexibility index (Phi) is 13.0. The minimum atomic E-state index is -2.12. The van der Waals surface area contributed by atoms with Crippen LogP contribution in [0.3, 0.4) is 0 Å². The van der Waals surface area contributed by atoms with Gasteiger partial charge in [-0.05, 0) is 19.3 Å². The highest BCUT2D eigenvalue weighted by Crippen LogP contribution is 2.26. The molecule has 0 aromatic rings. The predicted octanol–water partition coefficient (Wildman–Crippen LogP) is -3.83. The molecule has 0 saturated carbocycles. The predicted molar refractivity (Wildman–Crippen MR) is 107 cm³/mol. The number of esters is 1. The third-order valence-corrected chi connectivity index (χ3v) is 5.21. The maximum Gasteiger partial charge on any atom is 0.305 e. The molecule has 0 bridgehead atoms. The van der Waals surface area contributed by atoms with Crippen molar-refractivity contribution in [1.82, 2.24) is 0 Å². The first-order chi connectivity index (χ1) is 15.1. The minimum absolute atomic E-state index is 0.0103. The maximum atomic E-state index is 11.4. The van der Waals surface area contributed by atoms with E-state index in [1.165, 1.54) is 6.92 Å². The molecule has 0 radical (unpaired) electrons. The van der Waals surface area contributed by atoms with E-state index in [0.29, 0.717) is 0 Å². The fourth-order valence-corrected chi connectivity index (χ4v) is 3.22. The van der Waals surface area contributed by atoms with Crippen molar-refractivity contribution in [3.63, 3.8) is 0 Å². The zero-order chi connectivity index (χ0) is 24.4. The summed E-state index contributed by atoms with van der Waals surface area (Å²) in [6.07, 6.45) is -14.8. The van der Waals surface area contributed by atoms with E-state index in [9.17, 15) is 40.5 Å². The normalized spacial score (nSPS) is 30.9. The van der Waals surface area contributed by atoms with Crippen LogP contribution in [0, 0.1) is 5.92 Å². The molecule has 190 valence electrons. The molecule has 0 spiro atoms. The fourth-order valence-electron chi connectivity index (χ4n) is 3.22. The van der Waals surface area contributed by atoms with Crippen molar-refractivity contribution in [3.05, 3.63) is 0 Å². The van der Waals surface area contributed by atoms with E-state index >= 15 is 0 Å². The third kappa shape index (κ3) is 8.11. The molecule has 0 aromatic carbocycles. The molecule has 9 N–H and O–H groups in total. The standard InChI is InChI=1S/C19H37NO12/c1-3-29-11(22)5-4-9(2)12(23)14(25)16(27)18(28)32-17-15(26)13(24)10(8-21)31-19(17)30-7-6-20/h9-10,12-19,21,23-28H,3-8,20H2,1-2H3. The van der Waals surface area contributed by atoms with E-state index in [1.807, 2.05) is 0 Å². The third-order valence-electron chi connectivity index (χ3n) is 5.21. The Balaban J connectivity index is 2.75. The minimum Gasteiger partial charge on any atom is -0.466 e. The molecule has 0 amide bonds. The van der Waals surface area contributed by atoms with E-state index in [0.717, 1.165) is 0 Å². The molecule has 10 atom stereocenters. The maximum absolute atomic E-state index is 11.4. The summed E-state index contributed by atoms with van der Waals surface area (Å²) < 4.78 is 20.6. The molecule has 1 heterocycles. The summed E-state index contributed by atoms with van der Waals surface area (Å²) in [7, 11) is 0. The largest absolute Gasteiger partial charge is 0.466 e. The molecule has 13 heteroatoms. The Morgan fingerprint density at radius 2 is 1.75 bits per heavy atom. The summed E-state index contributed by atoms with van der Waals surface area (Å²) >= 11 is 0. The lowest BCUT2D eigenvalue weighted by Gasteiger charge is -2.43. The number of ether oxygens (including phenoxy) is 4. The van der Waals surface area contributed by atoms with Crippen LogP contribution < -0.4 is 5.73 Å². The summed E-state index contributed by atoms with van der Waals surface area (Å²) in [4.78, 5) is 11.4. The van der Waals surface area contributed by atoms with Crippen LogP contribution in [-0.2, 0) is 23.7 Å². The Bertz CT molecular complexity index is 540. The van der Waals surface area contributed by atoms with Crippen molar-refractivity contribution in [1.29, 1.82) is 0 Å². The van der Waals surface area contributed by atoms with Gasteiger partial charge in [-0.1, -0.05) is 6.92 Å². The number of hydrogen-bond donors (Lipinski definition) is 8. The molecule has 1 rings (SSSR count). The summed E-state index contributed by atoms with van der Waals surface area (Å²) in [6, 6.07) is 0. The fraction of sp³-hybridized carbons (Fsp3) is 0.947. The van der Waals surface area contributed by atoms with E-state index in [2.05, 4.69) is 0 Å². The van der Waals surface area contributed by atoms with Crippen molar-refractivity contribution in [2.75, 3.05) is 26.4 Å². The lowest BCUT2D eigenvalue weighted by atomic mass is 9.92. The molecule has 1 fully saturated rings. The van der Waals surface area contributed by atoms with Crippen LogP contribution in [0.15, 0.2) is 0 Å². The van der Waals surface area contributed by atoms with Crippen LogP contribution >= 0.6 is 0 Å². The zero-order valence-electron chi connectivity index (χ0n) is 18.3. The van der Waals surface area contributed by atoms with Crippen molar-refractivity contribution in [2.24, 2.45) is 11.7 Å². The molecule has 1 aliphatic heterocycles. The van der Waals surface area contributed by atoms with Crippen LogP contribution in [0.5, 0.6) is 0 Å². The van der Waals surface area contributed by atoms with Crippen molar-refractivity contribution in [3.8, 4) is 0 Å². The van der Waals surface area contributed by atoms with Gasteiger partial charge in [-0.25, -0.2) is 0 Å². The smallest absolute Gasteiger partial charge is 0.305 e. The number of aliphatic hydroxyl groups excluding tert-OH is 7. The Morgan fingerprint density at radius 3 is 2.31 bits per heavy atom. The van der Waals surface area contributed by atoms with Crippen LogP contribution in [-0.4, -0.2) is 123 Å². The molecule has 10 unspecified atom stereocenters. The summed E-state index contributed by atoms with van der Waals surface area (Å²) in [5.74, 6) is -1.12. The molecular formula is C19H37NO12. The second-order valence-electron chi connectivity index (χ2n) is 7.65. The molecule has 0 aliphatic carbocycles. The van der Waals surface area contributed by atoms with E-state index in [4.69, 9.17) is 24.7 Å². The van der Waals surface area contributed by atoms with Crippen LogP contribution in [0.4, 0.5) is 0 Å². The second kappa shape index (κ2) is 14.3. The van der Waals surface area contributed by atoms with Crippen molar-refractivity contribution >= 4 is 5.97 Å². The quantitative estimate of drug-likeness (QED) is 0.0899. The van der Waals surface area contributed by atoms with Crippen molar-refractivity contribution < 1.29 is 59.5 Å². The Labute approximate surface area is 186 Å². The molecule has 1 saturated heterocycles. The second-order valence-corrected chi connectivity index (χ2v) is 7.65. The first kappa shape index (κ1) is 29.1. The number of aliphatic hydroxyl groups is 7. The SMILES string of the molecule is CCOC(=O)CCC(C)C(O)C(O)C(O)C(O)OC1C(OCCN)OC(CO)C(O)C1O. The van der Waals surface area contributed by atoms with E-state index in [1.54, 1.807) is 6.92 Å². The molecular weight excluding hydrogens is 434 g/mol. The van der Waals surface area contributed by atoms with Crippen LogP contribution in [0.1, 0.15) is 26.7 Å². The monoisotopic (exact) mass is 471 g/mol. The average molecular weight is 472 g/mol. The van der Waals surface area contributed by atoms with Crippen molar-refractivity contribution in [2.45, 2.75) is 82.0 Å². The van der Waals surface area contributed by atoms with Gasteiger partial charge in [-0.2, -0.15) is 0 Å². The van der Waals surface area contributed by atoms with Gasteiger partial charge in [0.1, 0.15) is 36.6 Å². The number of carbonyl (C=O) groups is 1. The van der Waals surface area contributed by atoms with Gasteiger partial charge in [0, 0.05) is 13.0 Å². The Hall–Kier alpha value is -0.970. The van der Waals surface area contributed by atoms with Gasteiger partial charge in [0.25, 0.3) is 0 Å². The lowest BCUT2D eigenvalue weighted by molar-refractivity contribution is -0.340. The number of rotatable bonds is 14. The van der Waals surface area contributed by atoms with Crippen LogP contribution in [0.2, 0.25) is 0 Å². The lowest BCUT2D eigenvalue weighted by Crippen LogP contribution is -2.62. The van der Waals surface area contributed by atoms with Gasteiger partial charge in [-0.3, -0.25) is 4.79 Å². The van der Waals surface area contributed by atoms with Gasteiger partial charge in [0.05, 0.1) is 25.9 Å². The average Bonchev–Trinajstić information content (AvgIpc) is 2.78. The summed E-state index contributed by atoms with van der Waals surface area (Å²) in [5.41, 5.74) is 5.37. The van der Waals surface area contributed by atoms with Gasteiger partial charge >= 0.3 is 5.97 Å². The van der Waals surface area contributed by atoms with Crippen LogP contribution in [0.25, 0.3) is 0 Å². The van der Waals surface area contributed by atoms with Gasteiger partial charge in [0.2, 0.25) is 0 Å². The number of hydrogen-bond acceptors (Lipinski definition) is 13. The zero-order valence-corrected chi connectivity index (χ0v) is 18.3. The molecule has 13 nitrogen and oxygen atoms in total. The summed E-state index contributed by atoms with van der Waals surface area (Å²) in [5, 5.41) is 70.6. The summed E-state index contributed by atoms with van der Waals surface area (Å²) in [6.45, 7) is 2.81. The number of carbonyl (C=O) groups excluding carboxylic acids is 1. The first-order valence-corrected chi connectivity index (χ1v) is 10.6. The molecule has 32 heavy (non-hydrogen) atoms. The molecule has 1 aliphatic rings. The first-order valence-electron chi connectivity index (χ1n) is 10.6. The number of nitrogens with two attached hydrogens (primary N) is 1. The topological polar surface area (TPSA) is 222 Å². The Morgan fingerprint density at radius 1 is 1.09 bits per heavy atom. The van der Waals surface area contributed by atoms with Gasteiger partial charge < -0.3 is 60.4 Å². The van der Waals surface area contributed by atoms with Gasteiger partial charge in [-0.15, -0.1) is 0 Å².